The molecule has 0 spiro atoms. The largest absolute Gasteiger partial charge is 0.512 e. The number of aromatic nitrogens is 1. The zero-order valence-electron chi connectivity index (χ0n) is 29.8. The second-order valence-corrected chi connectivity index (χ2v) is 19.3. The molecule has 1 radical (unpaired) electrons. The predicted molar refractivity (Wildman–Crippen MR) is 201 cm³/mol. The van der Waals surface area contributed by atoms with Crippen molar-refractivity contribution in [3.63, 3.8) is 0 Å². The van der Waals surface area contributed by atoms with Crippen LogP contribution in [0.5, 0.6) is 0 Å². The van der Waals surface area contributed by atoms with Gasteiger partial charge in [0.2, 0.25) is 0 Å². The molecule has 0 amide bonds. The Balaban J connectivity index is 0.000000394. The van der Waals surface area contributed by atoms with Gasteiger partial charge in [-0.15, -0.1) is 29.1 Å². The summed E-state index contributed by atoms with van der Waals surface area (Å²) in [5.74, 6) is 1.01. The molecule has 253 valence electrons. The number of pyridine rings is 1. The number of carbonyl (C=O) groups is 1. The molecule has 0 bridgehead atoms. The molecular weight excluding hydrogens is 779 g/mol. The topological polar surface area (TPSA) is 50.2 Å². The molecule has 4 aromatic rings. The summed E-state index contributed by atoms with van der Waals surface area (Å²) in [5, 5.41) is 13.6. The normalized spacial score (nSPS) is 12.2. The third-order valence-corrected chi connectivity index (χ3v) is 18.3. The van der Waals surface area contributed by atoms with Crippen LogP contribution in [0.25, 0.3) is 32.1 Å². The molecule has 0 fully saturated rings. The Kier molecular flexibility index (Phi) is 16.1. The number of rotatable bonds is 13. The molecule has 0 atom stereocenters. The summed E-state index contributed by atoms with van der Waals surface area (Å²) in [6.45, 7) is 22.1. The molecule has 0 aliphatic heterocycles. The van der Waals surface area contributed by atoms with Gasteiger partial charge in [-0.05, 0) is 60.0 Å². The third kappa shape index (κ3) is 8.67. The Hall–Kier alpha value is -2.11. The van der Waals surface area contributed by atoms with Crippen LogP contribution in [0.15, 0.2) is 54.4 Å². The van der Waals surface area contributed by atoms with Gasteiger partial charge in [-0.25, -0.2) is 0 Å². The van der Waals surface area contributed by atoms with Crippen LogP contribution < -0.4 is 4.50 Å². The summed E-state index contributed by atoms with van der Waals surface area (Å²) >= 11 is 2.02. The number of aliphatic hydroxyl groups excluding tert-OH is 1. The van der Waals surface area contributed by atoms with Crippen LogP contribution in [0, 0.1) is 24.8 Å². The number of allylic oxidation sites excluding steroid dienone is 2. The fourth-order valence-corrected chi connectivity index (χ4v) is 13.6. The predicted octanol–water partition coefficient (Wildman–Crippen LogP) is 11.9. The van der Waals surface area contributed by atoms with Gasteiger partial charge in [0.25, 0.3) is 0 Å². The van der Waals surface area contributed by atoms with Gasteiger partial charge in [0.15, 0.2) is 5.78 Å². The molecule has 0 saturated carbocycles. The van der Waals surface area contributed by atoms with E-state index in [4.69, 9.17) is 4.98 Å². The Labute approximate surface area is 297 Å². The first kappa shape index (κ1) is 40.1. The van der Waals surface area contributed by atoms with Gasteiger partial charge in [0.05, 0.1) is 13.8 Å². The summed E-state index contributed by atoms with van der Waals surface area (Å²) in [6.07, 6.45) is 6.90. The second-order valence-electron chi connectivity index (χ2n) is 12.8. The van der Waals surface area contributed by atoms with Gasteiger partial charge in [-0.1, -0.05) is 110 Å². The smallest absolute Gasteiger partial charge is 0.162 e. The first-order valence-electron chi connectivity index (χ1n) is 17.3. The molecule has 2 aromatic carbocycles. The minimum absolute atomic E-state index is 0. The van der Waals surface area contributed by atoms with Crippen molar-refractivity contribution in [2.45, 2.75) is 119 Å². The van der Waals surface area contributed by atoms with Crippen LogP contribution in [0.3, 0.4) is 0 Å². The minimum Gasteiger partial charge on any atom is -0.512 e. The number of benzene rings is 2. The van der Waals surface area contributed by atoms with E-state index < -0.39 is 8.07 Å². The maximum Gasteiger partial charge on any atom is 0.162 e. The van der Waals surface area contributed by atoms with E-state index in [2.05, 4.69) is 84.0 Å². The number of aryl methyl sites for hydroxylation is 1. The molecule has 2 heterocycles. The molecule has 0 saturated heterocycles. The van der Waals surface area contributed by atoms with E-state index in [0.717, 1.165) is 36.9 Å². The van der Waals surface area contributed by atoms with Gasteiger partial charge in [0, 0.05) is 54.6 Å². The average Bonchev–Trinajstić information content (AvgIpc) is 3.39. The summed E-state index contributed by atoms with van der Waals surface area (Å²) in [6, 6.07) is 20.8. The maximum absolute atomic E-state index is 11.7. The van der Waals surface area contributed by atoms with E-state index in [0.29, 0.717) is 5.92 Å². The Morgan fingerprint density at radius 2 is 1.50 bits per heavy atom. The Morgan fingerprint density at radius 1 is 0.913 bits per heavy atom. The van der Waals surface area contributed by atoms with Crippen molar-refractivity contribution in [3.05, 3.63) is 71.6 Å². The van der Waals surface area contributed by atoms with E-state index in [9.17, 15) is 9.90 Å². The summed E-state index contributed by atoms with van der Waals surface area (Å²) < 4.78 is 3.03. The van der Waals surface area contributed by atoms with Crippen molar-refractivity contribution in [2.24, 2.45) is 11.8 Å². The van der Waals surface area contributed by atoms with Crippen molar-refractivity contribution in [1.82, 2.24) is 4.98 Å². The van der Waals surface area contributed by atoms with E-state index in [1.165, 1.54) is 56.2 Å². The molecule has 0 aliphatic carbocycles. The SMILES string of the molecule is CCC(CC)C(=O)/C=C(\O)C(CC)CC.CC[Si](CC)(CC)c1sc2c(-c3[c-]c4ccccc4c(C(C)C)c3)nccc2c1C.[Ir]. The number of aliphatic hydroxyl groups is 1. The van der Waals surface area contributed by atoms with E-state index in [1.54, 1.807) is 4.50 Å². The van der Waals surface area contributed by atoms with Crippen LogP contribution in [0.4, 0.5) is 0 Å². The van der Waals surface area contributed by atoms with Gasteiger partial charge in [-0.3, -0.25) is 9.78 Å². The first-order chi connectivity index (χ1) is 21.6. The van der Waals surface area contributed by atoms with E-state index >= 15 is 0 Å². The van der Waals surface area contributed by atoms with Gasteiger partial charge < -0.3 is 5.11 Å². The zero-order chi connectivity index (χ0) is 33.3. The second kappa shape index (κ2) is 18.4. The van der Waals surface area contributed by atoms with Crippen molar-refractivity contribution >= 4 is 50.6 Å². The van der Waals surface area contributed by atoms with Crippen LogP contribution in [0.1, 0.15) is 105 Å². The number of nitrogens with zero attached hydrogens (tertiary/aromatic N) is 1. The molecule has 2 aromatic heterocycles. The van der Waals surface area contributed by atoms with Crippen molar-refractivity contribution < 1.29 is 30.0 Å². The molecular formula is C40H56IrNO2SSi-. The molecule has 0 aliphatic rings. The summed E-state index contributed by atoms with van der Waals surface area (Å²) in [5.41, 5.74) is 5.12. The fourth-order valence-electron chi connectivity index (χ4n) is 6.72. The minimum atomic E-state index is -1.44. The molecule has 46 heavy (non-hydrogen) atoms. The van der Waals surface area contributed by atoms with Gasteiger partial charge in [-0.2, -0.15) is 11.3 Å². The fraction of sp³-hybridized carbons (Fsp3) is 0.500. The van der Waals surface area contributed by atoms with E-state index in [1.807, 2.05) is 45.2 Å². The number of fused-ring (bicyclic) bond motifs is 2. The maximum atomic E-state index is 11.7. The third-order valence-electron chi connectivity index (χ3n) is 10.1. The van der Waals surface area contributed by atoms with E-state index in [-0.39, 0.29) is 43.5 Å². The van der Waals surface area contributed by atoms with Crippen LogP contribution in [-0.4, -0.2) is 23.9 Å². The number of ketones is 1. The molecule has 1 N–H and O–H groups in total. The van der Waals surface area contributed by atoms with Crippen LogP contribution >= 0.6 is 11.3 Å². The number of thiophene rings is 1. The zero-order valence-corrected chi connectivity index (χ0v) is 34.1. The molecule has 0 unspecified atom stereocenters. The Bertz CT molecular complexity index is 1590. The quantitative estimate of drug-likeness (QED) is 0.0632. The molecule has 4 rings (SSSR count). The molecule has 3 nitrogen and oxygen atoms in total. The summed E-state index contributed by atoms with van der Waals surface area (Å²) in [7, 11) is -1.44. The van der Waals surface area contributed by atoms with Crippen molar-refractivity contribution in [2.75, 3.05) is 0 Å². The Morgan fingerprint density at radius 3 is 2.04 bits per heavy atom. The first-order valence-corrected chi connectivity index (χ1v) is 20.8. The van der Waals surface area contributed by atoms with Crippen molar-refractivity contribution in [1.29, 1.82) is 0 Å². The molecule has 6 heteroatoms. The average molecular weight is 835 g/mol. The van der Waals surface area contributed by atoms with Crippen molar-refractivity contribution in [3.8, 4) is 11.3 Å². The van der Waals surface area contributed by atoms with Crippen LogP contribution in [0.2, 0.25) is 18.1 Å². The standard InChI is InChI=1S/C27H32NSSi.C13H24O2.Ir/c1-7-30(8-2,9-3)27-19(6)22-14-15-28-25(26(22)29-27)21-16-20-12-10-11-13-23(20)24(17-21)18(4)5;1-5-10(6-2)12(14)9-13(15)11(7-3)8-4;/h10-15,17-18H,7-9H2,1-6H3;9-11,14H,5-8H2,1-4H3;/q-1;;/b;12-9-;. The number of hydrogen-bond acceptors (Lipinski definition) is 4. The van der Waals surface area contributed by atoms with Gasteiger partial charge >= 0.3 is 0 Å². The number of hydrogen-bond donors (Lipinski definition) is 1. The van der Waals surface area contributed by atoms with Gasteiger partial charge in [0.1, 0.15) is 0 Å². The number of carbonyl (C=O) groups excluding carboxylic acids is 1. The monoisotopic (exact) mass is 835 g/mol. The van der Waals surface area contributed by atoms with Crippen LogP contribution in [-0.2, 0) is 24.9 Å². The summed E-state index contributed by atoms with van der Waals surface area (Å²) in [4.78, 5) is 16.6.